The van der Waals surface area contributed by atoms with Crippen LogP contribution in [-0.2, 0) is 20.4 Å². The van der Waals surface area contributed by atoms with Crippen LogP contribution in [-0.4, -0.2) is 27.2 Å². The third-order valence-electron chi connectivity index (χ3n) is 3.23. The molecule has 0 bridgehead atoms. The van der Waals surface area contributed by atoms with Crippen LogP contribution in [0.15, 0.2) is 48.5 Å². The van der Waals surface area contributed by atoms with Crippen LogP contribution in [0.5, 0.6) is 5.75 Å². The van der Waals surface area contributed by atoms with Gasteiger partial charge in [0.1, 0.15) is 11.5 Å². The van der Waals surface area contributed by atoms with E-state index < -0.39 is 21.5 Å². The Balaban J connectivity index is 1.96. The molecule has 0 spiro atoms. The first-order chi connectivity index (χ1) is 10.9. The Morgan fingerprint density at radius 1 is 1.04 bits per heavy atom. The van der Waals surface area contributed by atoms with Crippen molar-refractivity contribution in [1.29, 1.82) is 0 Å². The van der Waals surface area contributed by atoms with Gasteiger partial charge in [0.25, 0.3) is 0 Å². The zero-order chi connectivity index (χ0) is 16.9. The molecular formula is C17H19NO4S. The first-order valence-electron chi connectivity index (χ1n) is 7.08. The van der Waals surface area contributed by atoms with E-state index in [9.17, 15) is 13.2 Å². The van der Waals surface area contributed by atoms with Crippen LogP contribution in [0.2, 0.25) is 0 Å². The molecule has 0 saturated heterocycles. The molecule has 5 nitrogen and oxygen atoms in total. The van der Waals surface area contributed by atoms with Gasteiger partial charge in [0.15, 0.2) is 9.84 Å². The quantitative estimate of drug-likeness (QED) is 0.882. The summed E-state index contributed by atoms with van der Waals surface area (Å²) in [7, 11) is -1.97. The van der Waals surface area contributed by atoms with E-state index in [4.69, 9.17) is 4.74 Å². The van der Waals surface area contributed by atoms with Gasteiger partial charge in [0.2, 0.25) is 5.91 Å². The van der Waals surface area contributed by atoms with Gasteiger partial charge in [-0.3, -0.25) is 4.79 Å². The van der Waals surface area contributed by atoms with E-state index in [0.29, 0.717) is 17.0 Å². The van der Waals surface area contributed by atoms with Crippen LogP contribution >= 0.6 is 0 Å². The number of anilines is 1. The third kappa shape index (κ3) is 5.41. The average molecular weight is 333 g/mol. The van der Waals surface area contributed by atoms with Crippen molar-refractivity contribution in [2.45, 2.75) is 12.7 Å². The highest BCUT2D eigenvalue weighted by Gasteiger charge is 2.17. The van der Waals surface area contributed by atoms with Gasteiger partial charge in [-0.2, -0.15) is 0 Å². The standard InChI is InChI=1S/C17H19NO4S/c1-13-3-5-14(6-4-13)11-23(20,21)12-17(19)18-15-7-9-16(22-2)10-8-15/h3-10H,11-12H2,1-2H3,(H,18,19). The molecule has 23 heavy (non-hydrogen) atoms. The summed E-state index contributed by atoms with van der Waals surface area (Å²) in [6.45, 7) is 1.93. The van der Waals surface area contributed by atoms with Gasteiger partial charge in [-0.1, -0.05) is 29.8 Å². The number of benzene rings is 2. The Hall–Kier alpha value is -2.34. The van der Waals surface area contributed by atoms with Crippen LogP contribution in [0, 0.1) is 6.92 Å². The van der Waals surface area contributed by atoms with Crippen LogP contribution in [0.4, 0.5) is 5.69 Å². The second-order valence-corrected chi connectivity index (χ2v) is 7.36. The Kier molecular flexibility index (Phi) is 5.39. The number of hydrogen-bond acceptors (Lipinski definition) is 4. The fourth-order valence-electron chi connectivity index (χ4n) is 2.06. The van der Waals surface area contributed by atoms with E-state index in [1.165, 1.54) is 0 Å². The predicted octanol–water partition coefficient (Wildman–Crippen LogP) is 2.56. The molecular weight excluding hydrogens is 314 g/mol. The number of rotatable bonds is 6. The smallest absolute Gasteiger partial charge is 0.239 e. The molecule has 0 unspecified atom stereocenters. The van der Waals surface area contributed by atoms with Crippen LogP contribution in [0.1, 0.15) is 11.1 Å². The van der Waals surface area contributed by atoms with Gasteiger partial charge in [0, 0.05) is 5.69 Å². The minimum atomic E-state index is -3.52. The Labute approximate surface area is 136 Å². The van der Waals surface area contributed by atoms with Crippen molar-refractivity contribution in [3.63, 3.8) is 0 Å². The summed E-state index contributed by atoms with van der Waals surface area (Å²) >= 11 is 0. The summed E-state index contributed by atoms with van der Waals surface area (Å²) in [5.74, 6) is -0.590. The van der Waals surface area contributed by atoms with Crippen molar-refractivity contribution in [3.8, 4) is 5.75 Å². The maximum atomic E-state index is 12.1. The fourth-order valence-corrected chi connectivity index (χ4v) is 3.33. The summed E-state index contributed by atoms with van der Waals surface area (Å²) in [6, 6.07) is 13.9. The van der Waals surface area contributed by atoms with Crippen LogP contribution < -0.4 is 10.1 Å². The van der Waals surface area contributed by atoms with Gasteiger partial charge in [0.05, 0.1) is 12.9 Å². The summed E-state index contributed by atoms with van der Waals surface area (Å²) in [6.07, 6.45) is 0. The topological polar surface area (TPSA) is 72.5 Å². The van der Waals surface area contributed by atoms with E-state index in [1.807, 2.05) is 19.1 Å². The van der Waals surface area contributed by atoms with Gasteiger partial charge >= 0.3 is 0 Å². The summed E-state index contributed by atoms with van der Waals surface area (Å²) < 4.78 is 29.2. The highest BCUT2D eigenvalue weighted by molar-refractivity contribution is 7.91. The van der Waals surface area contributed by atoms with Gasteiger partial charge in [-0.25, -0.2) is 8.42 Å². The second kappa shape index (κ2) is 7.28. The molecule has 2 aromatic rings. The first kappa shape index (κ1) is 17.0. The normalized spacial score (nSPS) is 11.0. The van der Waals surface area contributed by atoms with Gasteiger partial charge in [-0.05, 0) is 36.8 Å². The molecule has 1 amide bonds. The molecule has 0 aliphatic heterocycles. The number of amides is 1. The Morgan fingerprint density at radius 2 is 1.65 bits per heavy atom. The lowest BCUT2D eigenvalue weighted by Crippen LogP contribution is -2.23. The minimum Gasteiger partial charge on any atom is -0.497 e. The molecule has 2 rings (SSSR count). The third-order valence-corrected chi connectivity index (χ3v) is 4.71. The first-order valence-corrected chi connectivity index (χ1v) is 8.90. The van der Waals surface area contributed by atoms with E-state index in [1.54, 1.807) is 43.5 Å². The number of methoxy groups -OCH3 is 1. The molecule has 0 fully saturated rings. The number of carbonyl (C=O) groups excluding carboxylic acids is 1. The second-order valence-electron chi connectivity index (χ2n) is 5.29. The number of ether oxygens (including phenoxy) is 1. The van der Waals surface area contributed by atoms with Crippen molar-refractivity contribution in [1.82, 2.24) is 0 Å². The van der Waals surface area contributed by atoms with Crippen molar-refractivity contribution >= 4 is 21.4 Å². The lowest BCUT2D eigenvalue weighted by Gasteiger charge is -2.07. The number of nitrogens with one attached hydrogen (secondary N) is 1. The van der Waals surface area contributed by atoms with E-state index in [2.05, 4.69) is 5.32 Å². The fraction of sp³-hybridized carbons (Fsp3) is 0.235. The zero-order valence-corrected chi connectivity index (χ0v) is 13.9. The lowest BCUT2D eigenvalue weighted by molar-refractivity contribution is -0.113. The molecule has 6 heteroatoms. The molecule has 0 saturated carbocycles. The number of carbonyl (C=O) groups is 1. The molecule has 0 aliphatic carbocycles. The average Bonchev–Trinajstić information content (AvgIpc) is 2.49. The monoisotopic (exact) mass is 333 g/mol. The van der Waals surface area contributed by atoms with Gasteiger partial charge < -0.3 is 10.1 Å². The van der Waals surface area contributed by atoms with Crippen LogP contribution in [0.25, 0.3) is 0 Å². The number of sulfone groups is 1. The Bertz CT molecular complexity index is 765. The van der Waals surface area contributed by atoms with Crippen molar-refractivity contribution in [3.05, 3.63) is 59.7 Å². The largest absolute Gasteiger partial charge is 0.497 e. The molecule has 0 radical (unpaired) electrons. The molecule has 0 aromatic heterocycles. The molecule has 122 valence electrons. The lowest BCUT2D eigenvalue weighted by atomic mass is 10.2. The molecule has 0 aliphatic rings. The van der Waals surface area contributed by atoms with Crippen molar-refractivity contribution < 1.29 is 17.9 Å². The van der Waals surface area contributed by atoms with Crippen molar-refractivity contribution in [2.24, 2.45) is 0 Å². The SMILES string of the molecule is COc1ccc(NC(=O)CS(=O)(=O)Cc2ccc(C)cc2)cc1. The van der Waals surface area contributed by atoms with Gasteiger partial charge in [-0.15, -0.1) is 0 Å². The predicted molar refractivity (Wildman–Crippen MR) is 90.3 cm³/mol. The maximum Gasteiger partial charge on any atom is 0.239 e. The minimum absolute atomic E-state index is 0.149. The zero-order valence-electron chi connectivity index (χ0n) is 13.1. The highest BCUT2D eigenvalue weighted by Crippen LogP contribution is 2.15. The maximum absolute atomic E-state index is 12.1. The molecule has 0 atom stereocenters. The van der Waals surface area contributed by atoms with E-state index in [0.717, 1.165) is 5.56 Å². The molecule has 0 heterocycles. The van der Waals surface area contributed by atoms with Crippen LogP contribution in [0.3, 0.4) is 0 Å². The number of aryl methyl sites for hydroxylation is 1. The summed E-state index contributed by atoms with van der Waals surface area (Å²) in [4.78, 5) is 11.9. The number of hydrogen-bond donors (Lipinski definition) is 1. The van der Waals surface area contributed by atoms with E-state index in [-0.39, 0.29) is 5.75 Å². The summed E-state index contributed by atoms with van der Waals surface area (Å²) in [5.41, 5.74) is 2.26. The Morgan fingerprint density at radius 3 is 2.22 bits per heavy atom. The summed E-state index contributed by atoms with van der Waals surface area (Å²) in [5, 5.41) is 2.57. The van der Waals surface area contributed by atoms with E-state index >= 15 is 0 Å². The molecule has 2 aromatic carbocycles. The highest BCUT2D eigenvalue weighted by atomic mass is 32.2. The molecule has 1 N–H and O–H groups in total. The van der Waals surface area contributed by atoms with Crippen molar-refractivity contribution in [2.75, 3.05) is 18.2 Å².